The topological polar surface area (TPSA) is 88.6 Å². The zero-order valence-corrected chi connectivity index (χ0v) is 14.8. The molecule has 8 heteroatoms. The van der Waals surface area contributed by atoms with Crippen LogP contribution in [0.2, 0.25) is 0 Å². The van der Waals surface area contributed by atoms with Gasteiger partial charge in [-0.3, -0.25) is 9.59 Å². The van der Waals surface area contributed by atoms with Crippen molar-refractivity contribution >= 4 is 28.3 Å². The van der Waals surface area contributed by atoms with Crippen LogP contribution in [0.5, 0.6) is 0 Å². The van der Waals surface area contributed by atoms with Crippen LogP contribution in [0.3, 0.4) is 0 Å². The Morgan fingerprint density at radius 3 is 2.80 bits per heavy atom. The van der Waals surface area contributed by atoms with Crippen molar-refractivity contribution in [1.82, 2.24) is 9.88 Å². The number of thiazole rings is 1. The summed E-state index contributed by atoms with van der Waals surface area (Å²) in [6, 6.07) is 6.94. The molecule has 3 rings (SSSR count). The average molecular weight is 359 g/mol. The van der Waals surface area contributed by atoms with Gasteiger partial charge in [0.25, 0.3) is 5.91 Å². The van der Waals surface area contributed by atoms with Gasteiger partial charge in [0.15, 0.2) is 10.9 Å². The van der Waals surface area contributed by atoms with Crippen LogP contribution in [-0.4, -0.2) is 28.7 Å². The summed E-state index contributed by atoms with van der Waals surface area (Å²) in [4.78, 5) is 30.2. The first kappa shape index (κ1) is 17.0. The number of carbonyl (C=O) groups excluding carboxylic acids is 2. The molecule has 3 aromatic rings. The molecule has 0 aromatic carbocycles. The number of furan rings is 2. The lowest BCUT2D eigenvalue weighted by molar-refractivity contribution is -0.114. The predicted molar refractivity (Wildman–Crippen MR) is 93.4 cm³/mol. The Kier molecular flexibility index (Phi) is 4.71. The maximum absolute atomic E-state index is 12.5. The lowest BCUT2D eigenvalue weighted by Gasteiger charge is -2.13. The number of rotatable bonds is 5. The number of anilines is 1. The number of aryl methyl sites for hydroxylation is 1. The van der Waals surface area contributed by atoms with Gasteiger partial charge in [-0.2, -0.15) is 0 Å². The molecule has 0 aliphatic heterocycles. The number of nitrogens with zero attached hydrogens (tertiary/aromatic N) is 2. The Balaban J connectivity index is 1.76. The highest BCUT2D eigenvalue weighted by Gasteiger charge is 2.20. The minimum Gasteiger partial charge on any atom is -0.467 e. The molecule has 3 heterocycles. The molecule has 0 radical (unpaired) electrons. The Hall–Kier alpha value is -2.87. The first-order chi connectivity index (χ1) is 11.9. The van der Waals surface area contributed by atoms with E-state index in [9.17, 15) is 9.59 Å². The molecule has 0 saturated heterocycles. The third kappa shape index (κ3) is 3.80. The first-order valence-corrected chi connectivity index (χ1v) is 8.38. The highest BCUT2D eigenvalue weighted by Crippen LogP contribution is 2.34. The number of nitrogens with one attached hydrogen (secondary N) is 1. The smallest absolute Gasteiger partial charge is 0.289 e. The molecular weight excluding hydrogens is 342 g/mol. The Morgan fingerprint density at radius 2 is 2.12 bits per heavy atom. The third-order valence-corrected chi connectivity index (χ3v) is 4.53. The molecule has 0 aliphatic carbocycles. The van der Waals surface area contributed by atoms with Gasteiger partial charge >= 0.3 is 0 Å². The largest absolute Gasteiger partial charge is 0.467 e. The molecule has 1 N–H and O–H groups in total. The first-order valence-electron chi connectivity index (χ1n) is 7.57. The quantitative estimate of drug-likeness (QED) is 0.753. The van der Waals surface area contributed by atoms with Crippen molar-refractivity contribution in [2.45, 2.75) is 20.4 Å². The maximum atomic E-state index is 12.5. The average Bonchev–Trinajstić information content (AvgIpc) is 3.27. The lowest BCUT2D eigenvalue weighted by Crippen LogP contribution is -2.25. The fourth-order valence-electron chi connectivity index (χ4n) is 2.30. The zero-order valence-electron chi connectivity index (χ0n) is 14.0. The van der Waals surface area contributed by atoms with Crippen LogP contribution < -0.4 is 5.32 Å². The number of aromatic nitrogens is 1. The van der Waals surface area contributed by atoms with E-state index in [1.165, 1.54) is 23.2 Å². The summed E-state index contributed by atoms with van der Waals surface area (Å²) in [5, 5.41) is 3.15. The van der Waals surface area contributed by atoms with Crippen molar-refractivity contribution in [2.24, 2.45) is 0 Å². The molecule has 0 aliphatic rings. The van der Waals surface area contributed by atoms with E-state index >= 15 is 0 Å². The molecule has 0 atom stereocenters. The summed E-state index contributed by atoms with van der Waals surface area (Å²) in [5.41, 5.74) is 0.728. The number of amides is 2. The second-order valence-electron chi connectivity index (χ2n) is 5.52. The van der Waals surface area contributed by atoms with Crippen molar-refractivity contribution in [3.63, 3.8) is 0 Å². The van der Waals surface area contributed by atoms with Crippen LogP contribution in [0.15, 0.2) is 39.4 Å². The summed E-state index contributed by atoms with van der Waals surface area (Å²) in [7, 11) is 1.68. The second-order valence-corrected chi connectivity index (χ2v) is 6.52. The van der Waals surface area contributed by atoms with E-state index in [0.29, 0.717) is 23.2 Å². The van der Waals surface area contributed by atoms with Crippen molar-refractivity contribution in [1.29, 1.82) is 0 Å². The molecular formula is C17H17N3O4S. The van der Waals surface area contributed by atoms with Crippen LogP contribution in [0.25, 0.3) is 10.6 Å². The van der Waals surface area contributed by atoms with Gasteiger partial charge in [-0.05, 0) is 31.2 Å². The summed E-state index contributed by atoms with van der Waals surface area (Å²) in [5.74, 6) is 1.04. The van der Waals surface area contributed by atoms with Gasteiger partial charge in [-0.1, -0.05) is 11.3 Å². The Labute approximate surface area is 148 Å². The fraction of sp³-hybridized carbons (Fsp3) is 0.235. The summed E-state index contributed by atoms with van der Waals surface area (Å²) < 4.78 is 11.0. The van der Waals surface area contributed by atoms with E-state index in [1.54, 1.807) is 31.5 Å². The summed E-state index contributed by atoms with van der Waals surface area (Å²) in [6.45, 7) is 3.60. The molecule has 130 valence electrons. The van der Waals surface area contributed by atoms with E-state index in [2.05, 4.69) is 10.3 Å². The van der Waals surface area contributed by atoms with E-state index in [4.69, 9.17) is 8.83 Å². The molecule has 0 saturated carbocycles. The minimum absolute atomic E-state index is 0.185. The third-order valence-electron chi connectivity index (χ3n) is 3.44. The van der Waals surface area contributed by atoms with Gasteiger partial charge in [-0.15, -0.1) is 0 Å². The minimum atomic E-state index is -0.244. The van der Waals surface area contributed by atoms with Crippen LogP contribution in [0.4, 0.5) is 5.13 Å². The predicted octanol–water partition coefficient (Wildman–Crippen LogP) is 3.54. The molecule has 0 bridgehead atoms. The molecule has 0 spiro atoms. The normalized spacial score (nSPS) is 10.7. The Morgan fingerprint density at radius 1 is 1.32 bits per heavy atom. The number of hydrogen-bond acceptors (Lipinski definition) is 6. The van der Waals surface area contributed by atoms with Crippen LogP contribution in [0, 0.1) is 6.92 Å². The van der Waals surface area contributed by atoms with E-state index < -0.39 is 0 Å². The Bertz CT molecular complexity index is 895. The van der Waals surface area contributed by atoms with Crippen molar-refractivity contribution in [3.05, 3.63) is 47.7 Å². The van der Waals surface area contributed by atoms with Gasteiger partial charge < -0.3 is 19.1 Å². The highest BCUT2D eigenvalue weighted by atomic mass is 32.1. The zero-order chi connectivity index (χ0) is 18.0. The molecule has 25 heavy (non-hydrogen) atoms. The van der Waals surface area contributed by atoms with Crippen molar-refractivity contribution < 1.29 is 18.4 Å². The number of carbonyl (C=O) groups is 2. The number of hydrogen-bond donors (Lipinski definition) is 1. The van der Waals surface area contributed by atoms with E-state index in [1.807, 2.05) is 13.0 Å². The molecule has 0 unspecified atom stereocenters. The van der Waals surface area contributed by atoms with Crippen LogP contribution in [0.1, 0.15) is 28.9 Å². The monoisotopic (exact) mass is 359 g/mol. The summed E-state index contributed by atoms with van der Waals surface area (Å²) >= 11 is 1.30. The van der Waals surface area contributed by atoms with Gasteiger partial charge in [0.05, 0.1) is 23.4 Å². The van der Waals surface area contributed by atoms with E-state index in [-0.39, 0.29) is 17.6 Å². The van der Waals surface area contributed by atoms with Gasteiger partial charge in [0.1, 0.15) is 11.5 Å². The molecule has 3 aromatic heterocycles. The molecule has 7 nitrogen and oxygen atoms in total. The van der Waals surface area contributed by atoms with E-state index in [0.717, 1.165) is 10.6 Å². The van der Waals surface area contributed by atoms with Gasteiger partial charge in [-0.25, -0.2) is 4.98 Å². The van der Waals surface area contributed by atoms with Gasteiger partial charge in [0, 0.05) is 14.0 Å². The lowest BCUT2D eigenvalue weighted by atomic mass is 10.3. The summed E-state index contributed by atoms with van der Waals surface area (Å²) in [6.07, 6.45) is 1.57. The highest BCUT2D eigenvalue weighted by molar-refractivity contribution is 7.19. The standard InChI is InChI=1S/C17H17N3O4S/c1-10-15(25-17(18-10)19-11(2)21)13-6-7-14(24-13)16(22)20(3)9-12-5-4-8-23-12/h4-8H,9H2,1-3H3,(H,18,19,21). The maximum Gasteiger partial charge on any atom is 0.289 e. The molecule has 2 amide bonds. The molecule has 0 fully saturated rings. The fourth-order valence-corrected chi connectivity index (χ4v) is 3.27. The van der Waals surface area contributed by atoms with Crippen molar-refractivity contribution in [3.8, 4) is 10.6 Å². The second kappa shape index (κ2) is 6.94. The van der Waals surface area contributed by atoms with Gasteiger partial charge in [0.2, 0.25) is 5.91 Å². The van der Waals surface area contributed by atoms with Crippen LogP contribution >= 0.6 is 11.3 Å². The van der Waals surface area contributed by atoms with Crippen molar-refractivity contribution in [2.75, 3.05) is 12.4 Å². The van der Waals surface area contributed by atoms with Crippen LogP contribution in [-0.2, 0) is 11.3 Å². The SMILES string of the molecule is CC(=O)Nc1nc(C)c(-c2ccc(C(=O)N(C)Cc3ccco3)o2)s1.